The summed E-state index contributed by atoms with van der Waals surface area (Å²) >= 11 is 0. The number of H-pyrrole nitrogens is 1. The SMILES string of the molecule is CCc1cc(C2CCCN(CCC(=O)N3CCN(c4ncc(C(F)(F)F)cn4)CC3)C2)n[nH]c1=O. The van der Waals surface area contributed by atoms with E-state index in [9.17, 15) is 22.8 Å². The van der Waals surface area contributed by atoms with Crippen molar-refractivity contribution < 1.29 is 18.0 Å². The summed E-state index contributed by atoms with van der Waals surface area (Å²) in [6.45, 7) is 6.23. The smallest absolute Gasteiger partial charge is 0.339 e. The molecule has 0 bridgehead atoms. The van der Waals surface area contributed by atoms with Crippen molar-refractivity contribution in [1.29, 1.82) is 0 Å². The molecule has 0 radical (unpaired) electrons. The highest BCUT2D eigenvalue weighted by atomic mass is 19.4. The Balaban J connectivity index is 1.24. The van der Waals surface area contributed by atoms with Gasteiger partial charge >= 0.3 is 6.18 Å². The molecular formula is C23H30F3N7O2. The number of carbonyl (C=O) groups excluding carboxylic acids is 1. The molecule has 1 N–H and O–H groups in total. The lowest BCUT2D eigenvalue weighted by atomic mass is 9.93. The number of halogens is 3. The first-order valence-corrected chi connectivity index (χ1v) is 12.0. The molecule has 2 fully saturated rings. The van der Waals surface area contributed by atoms with Gasteiger partial charge in [0.1, 0.15) is 0 Å². The van der Waals surface area contributed by atoms with Gasteiger partial charge in [0, 0.05) is 69.6 Å². The maximum Gasteiger partial charge on any atom is 0.419 e. The van der Waals surface area contributed by atoms with Crippen molar-refractivity contribution in [2.24, 2.45) is 0 Å². The molecular weight excluding hydrogens is 463 g/mol. The molecule has 0 spiro atoms. The van der Waals surface area contributed by atoms with E-state index in [1.54, 1.807) is 9.80 Å². The normalized spacial score (nSPS) is 19.7. The summed E-state index contributed by atoms with van der Waals surface area (Å²) in [5, 5.41) is 6.85. The first-order chi connectivity index (χ1) is 16.7. The zero-order valence-electron chi connectivity index (χ0n) is 19.7. The number of amides is 1. The van der Waals surface area contributed by atoms with Gasteiger partial charge in [-0.1, -0.05) is 6.92 Å². The fourth-order valence-electron chi connectivity index (χ4n) is 4.63. The van der Waals surface area contributed by atoms with E-state index in [0.29, 0.717) is 45.6 Å². The fraction of sp³-hybridized carbons (Fsp3) is 0.609. The van der Waals surface area contributed by atoms with Crippen LogP contribution in [0, 0.1) is 0 Å². The highest BCUT2D eigenvalue weighted by Gasteiger charge is 2.32. The second-order valence-corrected chi connectivity index (χ2v) is 9.03. The second kappa shape index (κ2) is 10.7. The number of rotatable bonds is 6. The first-order valence-electron chi connectivity index (χ1n) is 12.0. The molecule has 9 nitrogen and oxygen atoms in total. The number of hydrogen-bond donors (Lipinski definition) is 1. The van der Waals surface area contributed by atoms with E-state index >= 15 is 0 Å². The van der Waals surface area contributed by atoms with Gasteiger partial charge in [-0.25, -0.2) is 15.1 Å². The zero-order chi connectivity index (χ0) is 25.0. The van der Waals surface area contributed by atoms with Crippen LogP contribution >= 0.6 is 0 Å². The Bertz CT molecular complexity index is 1070. The maximum atomic E-state index is 12.8. The minimum absolute atomic E-state index is 0.0653. The molecule has 1 amide bonds. The van der Waals surface area contributed by atoms with Crippen molar-refractivity contribution in [3.05, 3.63) is 45.6 Å². The molecule has 2 aromatic rings. The number of aromatic amines is 1. The summed E-state index contributed by atoms with van der Waals surface area (Å²) in [4.78, 5) is 38.1. The van der Waals surface area contributed by atoms with E-state index in [4.69, 9.17) is 0 Å². The van der Waals surface area contributed by atoms with Gasteiger partial charge in [-0.2, -0.15) is 18.3 Å². The summed E-state index contributed by atoms with van der Waals surface area (Å²) in [5.74, 6) is 0.537. The van der Waals surface area contributed by atoms with Crippen LogP contribution in [0.1, 0.15) is 48.9 Å². The molecule has 35 heavy (non-hydrogen) atoms. The molecule has 2 aliphatic heterocycles. The third-order valence-electron chi connectivity index (χ3n) is 6.73. The highest BCUT2D eigenvalue weighted by molar-refractivity contribution is 5.76. The Labute approximate surface area is 201 Å². The van der Waals surface area contributed by atoms with Gasteiger partial charge in [-0.3, -0.25) is 9.59 Å². The Morgan fingerprint density at radius 2 is 1.86 bits per heavy atom. The van der Waals surface area contributed by atoms with Crippen molar-refractivity contribution in [1.82, 2.24) is 30.0 Å². The van der Waals surface area contributed by atoms with E-state index in [2.05, 4.69) is 25.1 Å². The third-order valence-corrected chi connectivity index (χ3v) is 6.73. The van der Waals surface area contributed by atoms with Crippen molar-refractivity contribution in [2.75, 3.05) is 50.7 Å². The number of hydrogen-bond acceptors (Lipinski definition) is 7. The number of alkyl halides is 3. The number of piperazine rings is 1. The summed E-state index contributed by atoms with van der Waals surface area (Å²) in [6.07, 6.45) is 0.187. The van der Waals surface area contributed by atoms with Crippen molar-refractivity contribution in [2.45, 2.75) is 44.7 Å². The average molecular weight is 494 g/mol. The van der Waals surface area contributed by atoms with Crippen LogP contribution < -0.4 is 10.5 Å². The van der Waals surface area contributed by atoms with Gasteiger partial charge in [0.15, 0.2) is 0 Å². The number of aromatic nitrogens is 4. The number of piperidine rings is 1. The molecule has 12 heteroatoms. The predicted molar refractivity (Wildman–Crippen MR) is 123 cm³/mol. The van der Waals surface area contributed by atoms with Crippen LogP contribution in [0.25, 0.3) is 0 Å². The highest BCUT2D eigenvalue weighted by Crippen LogP contribution is 2.28. The summed E-state index contributed by atoms with van der Waals surface area (Å²) in [6, 6.07) is 1.90. The summed E-state index contributed by atoms with van der Waals surface area (Å²) in [5.41, 5.74) is 0.624. The van der Waals surface area contributed by atoms with Gasteiger partial charge in [-0.15, -0.1) is 0 Å². The van der Waals surface area contributed by atoms with Gasteiger partial charge in [0.05, 0.1) is 11.3 Å². The number of anilines is 1. The quantitative estimate of drug-likeness (QED) is 0.658. The van der Waals surface area contributed by atoms with Crippen LogP contribution in [-0.2, 0) is 17.4 Å². The minimum Gasteiger partial charge on any atom is -0.339 e. The van der Waals surface area contributed by atoms with Crippen molar-refractivity contribution in [3.63, 3.8) is 0 Å². The Kier molecular flexibility index (Phi) is 7.68. The lowest BCUT2D eigenvalue weighted by Crippen LogP contribution is -2.50. The minimum atomic E-state index is -4.47. The second-order valence-electron chi connectivity index (χ2n) is 9.03. The first kappa shape index (κ1) is 25.1. The van der Waals surface area contributed by atoms with Crippen LogP contribution in [0.5, 0.6) is 0 Å². The Morgan fingerprint density at radius 3 is 2.51 bits per heavy atom. The lowest BCUT2D eigenvalue weighted by molar-refractivity contribution is -0.138. The molecule has 1 atom stereocenters. The molecule has 2 aromatic heterocycles. The number of aryl methyl sites for hydroxylation is 1. The number of nitrogens with zero attached hydrogens (tertiary/aromatic N) is 6. The molecule has 0 saturated carbocycles. The van der Waals surface area contributed by atoms with Crippen LogP contribution in [0.2, 0.25) is 0 Å². The van der Waals surface area contributed by atoms with E-state index in [0.717, 1.165) is 49.6 Å². The topological polar surface area (TPSA) is 98.3 Å². The monoisotopic (exact) mass is 493 g/mol. The standard InChI is InChI=1S/C23H30F3N7O2/c1-2-16-12-19(29-30-21(16)35)17-4-3-6-31(15-17)7-5-20(34)32-8-10-33(11-9-32)22-27-13-18(14-28-22)23(24,25)26/h12-14,17H,2-11,15H2,1H3,(H,30,35). The molecule has 0 aromatic carbocycles. The number of likely N-dealkylation sites (tertiary alicyclic amines) is 1. The molecule has 4 heterocycles. The molecule has 4 rings (SSSR count). The molecule has 1 unspecified atom stereocenters. The van der Waals surface area contributed by atoms with Gasteiger partial charge in [0.2, 0.25) is 11.9 Å². The number of carbonyl (C=O) groups is 1. The van der Waals surface area contributed by atoms with E-state index in [-0.39, 0.29) is 23.3 Å². The average Bonchev–Trinajstić information content (AvgIpc) is 2.87. The lowest BCUT2D eigenvalue weighted by Gasteiger charge is -2.36. The van der Waals surface area contributed by atoms with Crippen molar-refractivity contribution in [3.8, 4) is 0 Å². The summed E-state index contributed by atoms with van der Waals surface area (Å²) < 4.78 is 38.1. The van der Waals surface area contributed by atoms with E-state index in [1.165, 1.54) is 0 Å². The van der Waals surface area contributed by atoms with Gasteiger partial charge in [-0.05, 0) is 31.9 Å². The van der Waals surface area contributed by atoms with Crippen LogP contribution in [0.15, 0.2) is 23.3 Å². The van der Waals surface area contributed by atoms with Gasteiger partial charge in [0.25, 0.3) is 5.56 Å². The van der Waals surface area contributed by atoms with Crippen molar-refractivity contribution >= 4 is 11.9 Å². The summed E-state index contributed by atoms with van der Waals surface area (Å²) in [7, 11) is 0. The third kappa shape index (κ3) is 6.16. The molecule has 2 saturated heterocycles. The molecule has 190 valence electrons. The van der Waals surface area contributed by atoms with Gasteiger partial charge < -0.3 is 14.7 Å². The van der Waals surface area contributed by atoms with Crippen LogP contribution in [0.4, 0.5) is 19.1 Å². The fourth-order valence-corrected chi connectivity index (χ4v) is 4.63. The van der Waals surface area contributed by atoms with Crippen LogP contribution in [0.3, 0.4) is 0 Å². The zero-order valence-corrected chi connectivity index (χ0v) is 19.7. The largest absolute Gasteiger partial charge is 0.419 e. The van der Waals surface area contributed by atoms with E-state index < -0.39 is 11.7 Å². The predicted octanol–water partition coefficient (Wildman–Crippen LogP) is 2.06. The number of nitrogens with one attached hydrogen (secondary N) is 1. The molecule has 2 aliphatic rings. The Morgan fingerprint density at radius 1 is 1.14 bits per heavy atom. The maximum absolute atomic E-state index is 12.8. The Hall–Kier alpha value is -3.02. The molecule has 0 aliphatic carbocycles. The van der Waals surface area contributed by atoms with Crippen LogP contribution in [-0.4, -0.2) is 81.7 Å². The van der Waals surface area contributed by atoms with E-state index in [1.807, 2.05) is 13.0 Å².